The molecule has 6 nitrogen and oxygen atoms in total. The van der Waals surface area contributed by atoms with E-state index in [0.29, 0.717) is 14.8 Å². The van der Waals surface area contributed by atoms with Crippen LogP contribution in [-0.4, -0.2) is 43.0 Å². The van der Waals surface area contributed by atoms with Crippen molar-refractivity contribution in [3.63, 3.8) is 0 Å². The number of carbonyl (C=O) groups is 2. The fourth-order valence-electron chi connectivity index (χ4n) is 1.68. The van der Waals surface area contributed by atoms with Crippen LogP contribution in [0.5, 0.6) is 11.5 Å². The normalized spacial score (nSPS) is 16.8. The van der Waals surface area contributed by atoms with Crippen LogP contribution in [0.2, 0.25) is 0 Å². The maximum Gasteiger partial charge on any atom is 0.305 e. The van der Waals surface area contributed by atoms with Gasteiger partial charge in [0.2, 0.25) is 0 Å². The molecule has 0 unspecified atom stereocenters. The standard InChI is InChI=1S/C13H11NO5S2/c15-8-2-1-7(5-9(8)16)6-10-12(19)14(13(20)21-10)4-3-11(17)18/h1-2,5-6,15-16H,3-4H2,(H,17,18). The van der Waals surface area contributed by atoms with Gasteiger partial charge in [-0.25, -0.2) is 0 Å². The molecule has 8 heteroatoms. The van der Waals surface area contributed by atoms with E-state index in [1.54, 1.807) is 6.07 Å². The number of carboxylic acids is 1. The summed E-state index contributed by atoms with van der Waals surface area (Å²) >= 11 is 6.12. The van der Waals surface area contributed by atoms with Crippen LogP contribution in [-0.2, 0) is 9.59 Å². The highest BCUT2D eigenvalue weighted by Gasteiger charge is 2.32. The van der Waals surface area contributed by atoms with E-state index in [0.717, 1.165) is 11.8 Å². The Bertz CT molecular complexity index is 656. The van der Waals surface area contributed by atoms with Crippen LogP contribution in [0, 0.1) is 0 Å². The molecule has 0 spiro atoms. The lowest BCUT2D eigenvalue weighted by Crippen LogP contribution is -2.30. The zero-order chi connectivity index (χ0) is 15.6. The summed E-state index contributed by atoms with van der Waals surface area (Å²) in [5, 5.41) is 27.3. The molecule has 0 aliphatic carbocycles. The lowest BCUT2D eigenvalue weighted by Gasteiger charge is -2.12. The molecule has 110 valence electrons. The third-order valence-corrected chi connectivity index (χ3v) is 4.10. The number of aliphatic carboxylic acids is 1. The van der Waals surface area contributed by atoms with Gasteiger partial charge in [-0.05, 0) is 23.8 Å². The molecule has 3 N–H and O–H groups in total. The fourth-order valence-corrected chi connectivity index (χ4v) is 2.99. The highest BCUT2D eigenvalue weighted by atomic mass is 32.2. The average Bonchev–Trinajstić information content (AvgIpc) is 2.67. The number of carboxylic acid groups (broad SMARTS) is 1. The summed E-state index contributed by atoms with van der Waals surface area (Å²) < 4.78 is 0.301. The number of phenols is 2. The van der Waals surface area contributed by atoms with Crippen LogP contribution >= 0.6 is 24.0 Å². The topological polar surface area (TPSA) is 98.1 Å². The summed E-state index contributed by atoms with van der Waals surface area (Å²) in [6.07, 6.45) is 1.35. The molecule has 2 rings (SSSR count). The van der Waals surface area contributed by atoms with Crippen molar-refractivity contribution >= 4 is 46.3 Å². The first kappa shape index (κ1) is 15.3. The molecule has 0 saturated carbocycles. The van der Waals surface area contributed by atoms with Crippen molar-refractivity contribution in [3.05, 3.63) is 28.7 Å². The Hall–Kier alpha value is -2.06. The molecule has 1 aliphatic rings. The number of thioether (sulfide) groups is 1. The minimum absolute atomic E-state index is 0.0260. The third kappa shape index (κ3) is 3.53. The van der Waals surface area contributed by atoms with Crippen LogP contribution in [0.3, 0.4) is 0 Å². The van der Waals surface area contributed by atoms with E-state index in [2.05, 4.69) is 0 Å². The zero-order valence-electron chi connectivity index (χ0n) is 10.6. The van der Waals surface area contributed by atoms with Crippen molar-refractivity contribution in [1.29, 1.82) is 0 Å². The van der Waals surface area contributed by atoms with Crippen molar-refractivity contribution in [3.8, 4) is 11.5 Å². The zero-order valence-corrected chi connectivity index (χ0v) is 12.3. The molecule has 0 atom stereocenters. The molecular weight excluding hydrogens is 314 g/mol. The van der Waals surface area contributed by atoms with Gasteiger partial charge >= 0.3 is 5.97 Å². The summed E-state index contributed by atoms with van der Waals surface area (Å²) in [5.74, 6) is -1.90. The largest absolute Gasteiger partial charge is 0.504 e. The van der Waals surface area contributed by atoms with Crippen LogP contribution < -0.4 is 0 Å². The molecule has 0 bridgehead atoms. The maximum absolute atomic E-state index is 12.1. The molecule has 1 heterocycles. The number of hydrogen-bond donors (Lipinski definition) is 3. The van der Waals surface area contributed by atoms with Crippen molar-refractivity contribution < 1.29 is 24.9 Å². The Morgan fingerprint density at radius 2 is 2.05 bits per heavy atom. The number of nitrogens with zero attached hydrogens (tertiary/aromatic N) is 1. The van der Waals surface area contributed by atoms with Crippen LogP contribution in [0.1, 0.15) is 12.0 Å². The number of rotatable bonds is 4. The van der Waals surface area contributed by atoms with Gasteiger partial charge in [-0.1, -0.05) is 30.0 Å². The smallest absolute Gasteiger partial charge is 0.305 e. The molecule has 1 aromatic carbocycles. The van der Waals surface area contributed by atoms with E-state index >= 15 is 0 Å². The first-order chi connectivity index (χ1) is 9.88. The number of aromatic hydroxyl groups is 2. The Labute approximate surface area is 129 Å². The van der Waals surface area contributed by atoms with E-state index < -0.39 is 5.97 Å². The van der Waals surface area contributed by atoms with E-state index in [1.165, 1.54) is 23.1 Å². The van der Waals surface area contributed by atoms with E-state index in [9.17, 15) is 19.8 Å². The lowest BCUT2D eigenvalue weighted by molar-refractivity contribution is -0.137. The summed E-state index contributed by atoms with van der Waals surface area (Å²) in [4.78, 5) is 24.3. The van der Waals surface area contributed by atoms with Gasteiger partial charge in [0.05, 0.1) is 11.3 Å². The Balaban J connectivity index is 2.19. The van der Waals surface area contributed by atoms with Crippen LogP contribution in [0.4, 0.5) is 0 Å². The molecule has 21 heavy (non-hydrogen) atoms. The summed E-state index contributed by atoms with van der Waals surface area (Å²) in [5.41, 5.74) is 0.532. The number of phenolic OH excluding ortho intramolecular Hbond substituents is 2. The SMILES string of the molecule is O=C(O)CCN1C(=O)C(=Cc2ccc(O)c(O)c2)SC1=S. The maximum atomic E-state index is 12.1. The van der Waals surface area contributed by atoms with Gasteiger partial charge in [-0.2, -0.15) is 0 Å². The second-order valence-corrected chi connectivity index (χ2v) is 5.90. The second-order valence-electron chi connectivity index (χ2n) is 4.23. The Morgan fingerprint density at radius 3 is 2.67 bits per heavy atom. The van der Waals surface area contributed by atoms with Gasteiger partial charge < -0.3 is 15.3 Å². The van der Waals surface area contributed by atoms with Crippen molar-refractivity contribution in [2.24, 2.45) is 0 Å². The lowest BCUT2D eigenvalue weighted by atomic mass is 10.2. The van der Waals surface area contributed by atoms with E-state index in [4.69, 9.17) is 17.3 Å². The van der Waals surface area contributed by atoms with Crippen molar-refractivity contribution in [2.75, 3.05) is 6.54 Å². The first-order valence-corrected chi connectivity index (χ1v) is 7.10. The Morgan fingerprint density at radius 1 is 1.33 bits per heavy atom. The molecule has 0 aromatic heterocycles. The molecule has 1 aromatic rings. The quantitative estimate of drug-likeness (QED) is 0.441. The minimum Gasteiger partial charge on any atom is -0.504 e. The fraction of sp³-hybridized carbons (Fsp3) is 0.154. The van der Waals surface area contributed by atoms with E-state index in [1.807, 2.05) is 0 Å². The van der Waals surface area contributed by atoms with Gasteiger partial charge in [0, 0.05) is 6.54 Å². The number of hydrogen-bond acceptors (Lipinski definition) is 6. The van der Waals surface area contributed by atoms with Gasteiger partial charge in [-0.15, -0.1) is 0 Å². The highest BCUT2D eigenvalue weighted by Crippen LogP contribution is 2.34. The monoisotopic (exact) mass is 325 g/mol. The minimum atomic E-state index is -1.00. The number of thiocarbonyl (C=S) groups is 1. The molecule has 1 saturated heterocycles. The first-order valence-electron chi connectivity index (χ1n) is 5.87. The third-order valence-electron chi connectivity index (χ3n) is 2.72. The van der Waals surface area contributed by atoms with E-state index in [-0.39, 0.29) is 30.4 Å². The van der Waals surface area contributed by atoms with Gasteiger partial charge in [0.1, 0.15) is 4.32 Å². The predicted octanol–water partition coefficient (Wildman–Crippen LogP) is 1.77. The molecule has 1 amide bonds. The van der Waals surface area contributed by atoms with Crippen molar-refractivity contribution in [2.45, 2.75) is 6.42 Å². The van der Waals surface area contributed by atoms with Crippen molar-refractivity contribution in [1.82, 2.24) is 4.90 Å². The van der Waals surface area contributed by atoms with Gasteiger partial charge in [0.25, 0.3) is 5.91 Å². The molecule has 0 radical (unpaired) electrons. The summed E-state index contributed by atoms with van der Waals surface area (Å²) in [6.45, 7) is 0.0260. The van der Waals surface area contributed by atoms with Gasteiger partial charge in [-0.3, -0.25) is 14.5 Å². The molecule has 1 aliphatic heterocycles. The predicted molar refractivity (Wildman–Crippen MR) is 81.9 cm³/mol. The summed E-state index contributed by atoms with van der Waals surface area (Å²) in [7, 11) is 0. The van der Waals surface area contributed by atoms with Crippen LogP contribution in [0.25, 0.3) is 6.08 Å². The highest BCUT2D eigenvalue weighted by molar-refractivity contribution is 8.26. The number of carbonyl (C=O) groups excluding carboxylic acids is 1. The molecule has 1 fully saturated rings. The van der Waals surface area contributed by atoms with Gasteiger partial charge in [0.15, 0.2) is 11.5 Å². The summed E-state index contributed by atoms with van der Waals surface area (Å²) in [6, 6.07) is 4.17. The second kappa shape index (κ2) is 6.15. The Kier molecular flexibility index (Phi) is 4.49. The number of benzene rings is 1. The number of amides is 1. The molecular formula is C13H11NO5S2. The van der Waals surface area contributed by atoms with Crippen LogP contribution in [0.15, 0.2) is 23.1 Å². The average molecular weight is 325 g/mol.